The summed E-state index contributed by atoms with van der Waals surface area (Å²) >= 11 is 0. The van der Waals surface area contributed by atoms with Crippen molar-refractivity contribution in [1.82, 2.24) is 0 Å². The van der Waals surface area contributed by atoms with E-state index in [0.29, 0.717) is 5.69 Å². The van der Waals surface area contributed by atoms with Gasteiger partial charge in [0.25, 0.3) is 0 Å². The van der Waals surface area contributed by atoms with Crippen LogP contribution in [0.2, 0.25) is 0 Å². The highest BCUT2D eigenvalue weighted by molar-refractivity contribution is 6.07. The summed E-state index contributed by atoms with van der Waals surface area (Å²) in [5.41, 5.74) is 0.676. The highest BCUT2D eigenvalue weighted by atomic mass is 19.3. The molecule has 0 fully saturated rings. The first kappa shape index (κ1) is 9.12. The summed E-state index contributed by atoms with van der Waals surface area (Å²) < 4.78 is 26.3. The van der Waals surface area contributed by atoms with Crippen LogP contribution in [0.25, 0.3) is 0 Å². The standard InChI is InChI=1S/C10H9F2NO/c1-13-6-10(11,12)9(14)7-4-2-3-5-8(7)13/h2-5H,6H2,1H3. The molecule has 0 aliphatic carbocycles. The van der Waals surface area contributed by atoms with Gasteiger partial charge in [0, 0.05) is 18.3 Å². The van der Waals surface area contributed by atoms with Crippen molar-refractivity contribution < 1.29 is 13.6 Å². The van der Waals surface area contributed by atoms with Gasteiger partial charge in [0.1, 0.15) is 0 Å². The summed E-state index contributed by atoms with van der Waals surface area (Å²) in [6.07, 6.45) is 0. The van der Waals surface area contributed by atoms with Gasteiger partial charge >= 0.3 is 5.92 Å². The molecule has 2 rings (SSSR count). The molecular weight excluding hydrogens is 188 g/mol. The zero-order chi connectivity index (χ0) is 10.3. The SMILES string of the molecule is CN1CC(F)(F)C(=O)c2ccccc21. The molecule has 0 amide bonds. The second-order valence-corrected chi connectivity index (χ2v) is 3.41. The number of benzene rings is 1. The van der Waals surface area contributed by atoms with Crippen LogP contribution in [0.3, 0.4) is 0 Å². The third kappa shape index (κ3) is 1.18. The number of hydrogen-bond donors (Lipinski definition) is 0. The Hall–Kier alpha value is -1.45. The van der Waals surface area contributed by atoms with E-state index in [0.717, 1.165) is 0 Å². The molecule has 0 aromatic heterocycles. The van der Waals surface area contributed by atoms with E-state index in [-0.39, 0.29) is 5.56 Å². The van der Waals surface area contributed by atoms with E-state index in [2.05, 4.69) is 0 Å². The summed E-state index contributed by atoms with van der Waals surface area (Å²) in [6, 6.07) is 6.42. The number of nitrogens with zero attached hydrogens (tertiary/aromatic N) is 1. The molecule has 0 unspecified atom stereocenters. The second-order valence-electron chi connectivity index (χ2n) is 3.41. The Morgan fingerprint density at radius 3 is 2.71 bits per heavy atom. The molecule has 0 atom stereocenters. The number of carbonyl (C=O) groups excluding carboxylic acids is 1. The first-order valence-electron chi connectivity index (χ1n) is 4.25. The fourth-order valence-electron chi connectivity index (χ4n) is 1.65. The molecule has 0 N–H and O–H groups in total. The highest BCUT2D eigenvalue weighted by Crippen LogP contribution is 2.33. The van der Waals surface area contributed by atoms with Crippen LogP contribution >= 0.6 is 0 Å². The van der Waals surface area contributed by atoms with Gasteiger partial charge in [-0.3, -0.25) is 4.79 Å². The Morgan fingerprint density at radius 1 is 1.36 bits per heavy atom. The Morgan fingerprint density at radius 2 is 2.00 bits per heavy atom. The molecule has 1 heterocycles. The number of Topliss-reactive ketones (excluding diaryl/α,β-unsaturated/α-hetero) is 1. The predicted molar refractivity (Wildman–Crippen MR) is 49.0 cm³/mol. The highest BCUT2D eigenvalue weighted by Gasteiger charge is 2.45. The number of ketones is 1. The number of alkyl halides is 2. The lowest BCUT2D eigenvalue weighted by Gasteiger charge is -2.31. The maximum Gasteiger partial charge on any atom is 0.326 e. The number of carbonyl (C=O) groups is 1. The lowest BCUT2D eigenvalue weighted by atomic mass is 9.98. The van der Waals surface area contributed by atoms with Gasteiger partial charge in [0.2, 0.25) is 5.78 Å². The van der Waals surface area contributed by atoms with Crippen molar-refractivity contribution in [3.05, 3.63) is 29.8 Å². The number of para-hydroxylation sites is 1. The van der Waals surface area contributed by atoms with E-state index in [4.69, 9.17) is 0 Å². The van der Waals surface area contributed by atoms with Gasteiger partial charge in [0.15, 0.2) is 0 Å². The molecule has 0 saturated carbocycles. The third-order valence-electron chi connectivity index (χ3n) is 2.33. The lowest BCUT2D eigenvalue weighted by molar-refractivity contribution is 0.0133. The minimum Gasteiger partial charge on any atom is -0.367 e. The molecule has 74 valence electrons. The van der Waals surface area contributed by atoms with Gasteiger partial charge in [-0.1, -0.05) is 12.1 Å². The fraction of sp³-hybridized carbons (Fsp3) is 0.300. The Bertz CT molecular complexity index is 389. The predicted octanol–water partition coefficient (Wildman–Crippen LogP) is 1.95. The van der Waals surface area contributed by atoms with Crippen LogP contribution in [0.15, 0.2) is 24.3 Å². The fourth-order valence-corrected chi connectivity index (χ4v) is 1.65. The molecular formula is C10H9F2NO. The smallest absolute Gasteiger partial charge is 0.326 e. The molecule has 0 radical (unpaired) electrons. The maximum atomic E-state index is 13.1. The zero-order valence-electron chi connectivity index (χ0n) is 7.63. The summed E-state index contributed by atoms with van der Waals surface area (Å²) in [7, 11) is 1.55. The molecule has 0 spiro atoms. The van der Waals surface area contributed by atoms with Crippen molar-refractivity contribution in [3.8, 4) is 0 Å². The van der Waals surface area contributed by atoms with Gasteiger partial charge in [-0.25, -0.2) is 0 Å². The number of anilines is 1. The van der Waals surface area contributed by atoms with E-state index in [9.17, 15) is 13.6 Å². The van der Waals surface area contributed by atoms with Crippen LogP contribution in [0, 0.1) is 0 Å². The molecule has 1 aliphatic rings. The van der Waals surface area contributed by atoms with Crippen molar-refractivity contribution >= 4 is 11.5 Å². The lowest BCUT2D eigenvalue weighted by Crippen LogP contribution is -2.45. The number of rotatable bonds is 0. The van der Waals surface area contributed by atoms with Crippen molar-refractivity contribution in [2.24, 2.45) is 0 Å². The van der Waals surface area contributed by atoms with Crippen molar-refractivity contribution in [3.63, 3.8) is 0 Å². The number of fused-ring (bicyclic) bond motifs is 1. The van der Waals surface area contributed by atoms with Gasteiger partial charge in [-0.15, -0.1) is 0 Å². The molecule has 2 nitrogen and oxygen atoms in total. The molecule has 14 heavy (non-hydrogen) atoms. The summed E-state index contributed by atoms with van der Waals surface area (Å²) in [4.78, 5) is 12.7. The Labute approximate surface area is 80.1 Å². The van der Waals surface area contributed by atoms with Gasteiger partial charge < -0.3 is 4.90 Å². The number of hydrogen-bond acceptors (Lipinski definition) is 2. The zero-order valence-corrected chi connectivity index (χ0v) is 7.63. The van der Waals surface area contributed by atoms with E-state index >= 15 is 0 Å². The third-order valence-corrected chi connectivity index (χ3v) is 2.33. The molecule has 4 heteroatoms. The van der Waals surface area contributed by atoms with Crippen molar-refractivity contribution in [2.45, 2.75) is 5.92 Å². The minimum atomic E-state index is -3.26. The van der Waals surface area contributed by atoms with Gasteiger partial charge in [-0.05, 0) is 12.1 Å². The van der Waals surface area contributed by atoms with Gasteiger partial charge in [-0.2, -0.15) is 8.78 Å². The Balaban J connectivity index is 2.57. The minimum absolute atomic E-state index is 0.103. The van der Waals surface area contributed by atoms with Crippen LogP contribution in [0.4, 0.5) is 14.5 Å². The van der Waals surface area contributed by atoms with E-state index in [1.807, 2.05) is 0 Å². The van der Waals surface area contributed by atoms with E-state index < -0.39 is 18.3 Å². The van der Waals surface area contributed by atoms with Crippen molar-refractivity contribution in [1.29, 1.82) is 0 Å². The molecule has 1 aromatic rings. The first-order chi connectivity index (χ1) is 6.52. The first-order valence-corrected chi connectivity index (χ1v) is 4.25. The van der Waals surface area contributed by atoms with E-state index in [1.54, 1.807) is 25.2 Å². The normalized spacial score (nSPS) is 19.4. The van der Waals surface area contributed by atoms with Gasteiger partial charge in [0.05, 0.1) is 6.54 Å². The summed E-state index contributed by atoms with van der Waals surface area (Å²) in [5, 5.41) is 0. The van der Waals surface area contributed by atoms with Crippen LogP contribution < -0.4 is 4.90 Å². The van der Waals surface area contributed by atoms with Crippen LogP contribution in [0.5, 0.6) is 0 Å². The molecule has 0 bridgehead atoms. The second kappa shape index (κ2) is 2.77. The molecule has 0 saturated heterocycles. The number of halogens is 2. The molecule has 1 aromatic carbocycles. The Kier molecular flexibility index (Phi) is 1.80. The monoisotopic (exact) mass is 197 g/mol. The summed E-state index contributed by atoms with van der Waals surface area (Å²) in [5.74, 6) is -4.34. The average molecular weight is 197 g/mol. The quantitative estimate of drug-likeness (QED) is 0.633. The molecule has 1 aliphatic heterocycles. The van der Waals surface area contributed by atoms with Crippen LogP contribution in [-0.4, -0.2) is 25.3 Å². The van der Waals surface area contributed by atoms with Crippen LogP contribution in [0.1, 0.15) is 10.4 Å². The van der Waals surface area contributed by atoms with Crippen molar-refractivity contribution in [2.75, 3.05) is 18.5 Å². The van der Waals surface area contributed by atoms with Crippen LogP contribution in [-0.2, 0) is 0 Å². The largest absolute Gasteiger partial charge is 0.367 e. The maximum absolute atomic E-state index is 13.1. The summed E-state index contributed by atoms with van der Waals surface area (Å²) in [6.45, 7) is -0.539. The van der Waals surface area contributed by atoms with E-state index in [1.165, 1.54) is 11.0 Å². The topological polar surface area (TPSA) is 20.3 Å². The average Bonchev–Trinajstić information content (AvgIpc) is 2.14.